The first-order chi connectivity index (χ1) is 15.7. The second kappa shape index (κ2) is 8.57. The van der Waals surface area contributed by atoms with Crippen LogP contribution in [0.5, 0.6) is 0 Å². The Morgan fingerprint density at radius 2 is 1.85 bits per heavy atom. The molecule has 2 N–H and O–H groups in total. The zero-order valence-corrected chi connectivity index (χ0v) is 21.2. The second-order valence-electron chi connectivity index (χ2n) is 10.4. The maximum atomic E-state index is 12.7. The van der Waals surface area contributed by atoms with E-state index in [-0.39, 0.29) is 33.5 Å². The summed E-state index contributed by atoms with van der Waals surface area (Å²) in [5.74, 6) is -0.396. The van der Waals surface area contributed by atoms with Crippen molar-refractivity contribution in [2.24, 2.45) is 5.41 Å². The molecule has 2 aromatic rings. The molecule has 9 nitrogen and oxygen atoms in total. The first-order valence-electron chi connectivity index (χ1n) is 11.1. The van der Waals surface area contributed by atoms with Gasteiger partial charge in [0.1, 0.15) is 5.60 Å². The molecule has 0 bridgehead atoms. The van der Waals surface area contributed by atoms with Crippen LogP contribution < -0.4 is 10.6 Å². The molecule has 11 heteroatoms. The fraction of sp³-hybridized carbons (Fsp3) is 0.522. The molecule has 1 heterocycles. The topological polar surface area (TPSA) is 119 Å². The van der Waals surface area contributed by atoms with Gasteiger partial charge >= 0.3 is 6.09 Å². The monoisotopic (exact) mass is 508 g/mol. The molecule has 184 valence electrons. The van der Waals surface area contributed by atoms with Gasteiger partial charge in [0.25, 0.3) is 5.91 Å². The Kier molecular flexibility index (Phi) is 6.18. The van der Waals surface area contributed by atoms with Crippen LogP contribution in [0.3, 0.4) is 0 Å². The van der Waals surface area contributed by atoms with E-state index in [1.165, 1.54) is 24.4 Å². The maximum absolute atomic E-state index is 12.7. The molecule has 4 rings (SSSR count). The third kappa shape index (κ3) is 5.55. The summed E-state index contributed by atoms with van der Waals surface area (Å²) < 4.78 is 30.7. The second-order valence-corrected chi connectivity index (χ2v) is 12.9. The van der Waals surface area contributed by atoms with Gasteiger partial charge < -0.3 is 15.4 Å². The van der Waals surface area contributed by atoms with E-state index in [2.05, 4.69) is 15.7 Å². The number of nitrogens with one attached hydrogen (secondary N) is 2. The summed E-state index contributed by atoms with van der Waals surface area (Å²) in [6, 6.07) is 4.53. The lowest BCUT2D eigenvalue weighted by Gasteiger charge is -2.57. The molecule has 2 aliphatic carbocycles. The Morgan fingerprint density at radius 1 is 1.18 bits per heavy atom. The molecular formula is C23H29ClN4O5S. The standard InChI is InChI=1S/C23H29ClN4O5S/c1-22(2,3)33-21(30)27-17-8-23(9-17)10-18(11-23)28-13-14(12-25-28)20(29)26-16-5-15(24)6-19(7-16)34(4,31)32/h5-7,12-13,17-18H,8-11H2,1-4H3,(H,26,29)(H,27,30). The van der Waals surface area contributed by atoms with Crippen LogP contribution in [-0.4, -0.2) is 48.1 Å². The maximum Gasteiger partial charge on any atom is 0.407 e. The molecule has 1 aromatic carbocycles. The third-order valence-electron chi connectivity index (χ3n) is 6.21. The van der Waals surface area contributed by atoms with Crippen molar-refractivity contribution >= 4 is 39.1 Å². The van der Waals surface area contributed by atoms with Crippen molar-refractivity contribution in [2.45, 2.75) is 69.0 Å². The predicted octanol–water partition coefficient (Wildman–Crippen LogP) is 4.20. The van der Waals surface area contributed by atoms with E-state index in [4.69, 9.17) is 16.3 Å². The number of hydrogen-bond donors (Lipinski definition) is 2. The van der Waals surface area contributed by atoms with Crippen molar-refractivity contribution in [1.82, 2.24) is 15.1 Å². The molecular weight excluding hydrogens is 480 g/mol. The van der Waals surface area contributed by atoms with Crippen molar-refractivity contribution in [3.63, 3.8) is 0 Å². The molecule has 2 aliphatic rings. The lowest BCUT2D eigenvalue weighted by Crippen LogP contribution is -2.56. The first-order valence-corrected chi connectivity index (χ1v) is 13.3. The summed E-state index contributed by atoms with van der Waals surface area (Å²) in [6.45, 7) is 5.52. The lowest BCUT2D eigenvalue weighted by molar-refractivity contribution is -0.0484. The number of rotatable bonds is 5. The lowest BCUT2D eigenvalue weighted by atomic mass is 9.52. The molecule has 0 saturated heterocycles. The van der Waals surface area contributed by atoms with E-state index < -0.39 is 21.3 Å². The molecule has 2 saturated carbocycles. The van der Waals surface area contributed by atoms with Gasteiger partial charge in [0.2, 0.25) is 0 Å². The minimum Gasteiger partial charge on any atom is -0.444 e. The highest BCUT2D eigenvalue weighted by Gasteiger charge is 2.54. The van der Waals surface area contributed by atoms with Crippen molar-refractivity contribution in [2.75, 3.05) is 11.6 Å². The normalized spacial score (nSPS) is 24.1. The smallest absolute Gasteiger partial charge is 0.407 e. The van der Waals surface area contributed by atoms with E-state index in [9.17, 15) is 18.0 Å². The number of halogens is 1. The fourth-order valence-electron chi connectivity index (χ4n) is 4.73. The Balaban J connectivity index is 1.30. The SMILES string of the molecule is CC(C)(C)OC(=O)NC1CC2(C1)CC(n1cc(C(=O)Nc3cc(Cl)cc(S(C)(=O)=O)c3)cn1)C2. The van der Waals surface area contributed by atoms with Crippen LogP contribution in [-0.2, 0) is 14.6 Å². The molecule has 1 spiro atoms. The highest BCUT2D eigenvalue weighted by atomic mass is 35.5. The number of amides is 2. The van der Waals surface area contributed by atoms with Gasteiger partial charge in [-0.05, 0) is 70.1 Å². The van der Waals surface area contributed by atoms with Crippen molar-refractivity contribution in [3.05, 3.63) is 41.2 Å². The van der Waals surface area contributed by atoms with Gasteiger partial charge in [0, 0.05) is 29.2 Å². The predicted molar refractivity (Wildman–Crippen MR) is 128 cm³/mol. The van der Waals surface area contributed by atoms with Gasteiger partial charge in [-0.2, -0.15) is 5.10 Å². The van der Waals surface area contributed by atoms with E-state index >= 15 is 0 Å². The summed E-state index contributed by atoms with van der Waals surface area (Å²) in [5, 5.41) is 10.2. The number of anilines is 1. The van der Waals surface area contributed by atoms with Gasteiger partial charge in [-0.25, -0.2) is 13.2 Å². The van der Waals surface area contributed by atoms with Crippen molar-refractivity contribution in [3.8, 4) is 0 Å². The summed E-state index contributed by atoms with van der Waals surface area (Å²) >= 11 is 6.01. The molecule has 0 aliphatic heterocycles. The summed E-state index contributed by atoms with van der Waals surface area (Å²) in [5.41, 5.74) is 0.368. The number of carbonyl (C=O) groups excluding carboxylic acids is 2. The number of hydrogen-bond acceptors (Lipinski definition) is 6. The molecule has 1 aromatic heterocycles. The van der Waals surface area contributed by atoms with Crippen LogP contribution >= 0.6 is 11.6 Å². The number of carbonyl (C=O) groups is 2. The molecule has 2 fully saturated rings. The van der Waals surface area contributed by atoms with Crippen LogP contribution in [0.1, 0.15) is 62.9 Å². The van der Waals surface area contributed by atoms with E-state index in [1.807, 2.05) is 20.8 Å². The van der Waals surface area contributed by atoms with Crippen molar-refractivity contribution in [1.29, 1.82) is 0 Å². The average molecular weight is 509 g/mol. The molecule has 34 heavy (non-hydrogen) atoms. The van der Waals surface area contributed by atoms with Crippen LogP contribution in [0.4, 0.5) is 10.5 Å². The van der Waals surface area contributed by atoms with Crippen molar-refractivity contribution < 1.29 is 22.7 Å². The van der Waals surface area contributed by atoms with Crippen LogP contribution in [0, 0.1) is 5.41 Å². The molecule has 0 unspecified atom stereocenters. The highest BCUT2D eigenvalue weighted by molar-refractivity contribution is 7.90. The quantitative estimate of drug-likeness (QED) is 0.624. The number of nitrogens with zero attached hydrogens (tertiary/aromatic N) is 2. The van der Waals surface area contributed by atoms with Crippen LogP contribution in [0.25, 0.3) is 0 Å². The summed E-state index contributed by atoms with van der Waals surface area (Å²) in [6.07, 6.45) is 7.60. The highest BCUT2D eigenvalue weighted by Crippen LogP contribution is 2.60. The van der Waals surface area contributed by atoms with Crippen LogP contribution in [0.15, 0.2) is 35.5 Å². The number of alkyl carbamates (subject to hydrolysis) is 1. The third-order valence-corrected chi connectivity index (χ3v) is 7.52. The minimum absolute atomic E-state index is 0.0331. The van der Waals surface area contributed by atoms with E-state index in [0.29, 0.717) is 11.3 Å². The molecule has 0 radical (unpaired) electrons. The van der Waals surface area contributed by atoms with E-state index in [0.717, 1.165) is 31.9 Å². The Morgan fingerprint density at radius 3 is 2.47 bits per heavy atom. The fourth-order valence-corrected chi connectivity index (χ4v) is 5.71. The summed E-state index contributed by atoms with van der Waals surface area (Å²) in [4.78, 5) is 24.6. The first kappa shape index (κ1) is 24.5. The van der Waals surface area contributed by atoms with Gasteiger partial charge in [0.05, 0.1) is 22.7 Å². The van der Waals surface area contributed by atoms with Gasteiger partial charge in [-0.15, -0.1) is 0 Å². The zero-order chi connectivity index (χ0) is 24.9. The molecule has 2 amide bonds. The molecule has 0 atom stereocenters. The number of ether oxygens (including phenoxy) is 1. The van der Waals surface area contributed by atoms with Crippen LogP contribution in [0.2, 0.25) is 5.02 Å². The Hall–Kier alpha value is -2.59. The number of benzene rings is 1. The average Bonchev–Trinajstić information content (AvgIpc) is 3.09. The Labute approximate surface area is 204 Å². The largest absolute Gasteiger partial charge is 0.444 e. The van der Waals surface area contributed by atoms with Gasteiger partial charge in [-0.3, -0.25) is 9.48 Å². The Bertz CT molecular complexity index is 1220. The minimum atomic E-state index is -3.46. The number of sulfone groups is 1. The van der Waals surface area contributed by atoms with Gasteiger partial charge in [0.15, 0.2) is 9.84 Å². The zero-order valence-electron chi connectivity index (χ0n) is 19.6. The van der Waals surface area contributed by atoms with E-state index in [1.54, 1.807) is 10.9 Å². The van der Waals surface area contributed by atoms with Gasteiger partial charge in [-0.1, -0.05) is 11.6 Å². The number of aromatic nitrogens is 2. The summed E-state index contributed by atoms with van der Waals surface area (Å²) in [7, 11) is -3.46.